The Morgan fingerprint density at radius 2 is 2.11 bits per heavy atom. The highest BCUT2D eigenvalue weighted by molar-refractivity contribution is 5.66. The van der Waals surface area contributed by atoms with Crippen molar-refractivity contribution in [1.29, 1.82) is 0 Å². The fourth-order valence-corrected chi connectivity index (χ4v) is 2.13. The summed E-state index contributed by atoms with van der Waals surface area (Å²) >= 11 is 0. The molecular formula is C12H19N3O3. The van der Waals surface area contributed by atoms with Crippen LogP contribution in [-0.4, -0.2) is 29.2 Å². The second-order valence-electron chi connectivity index (χ2n) is 5.09. The van der Waals surface area contributed by atoms with E-state index in [2.05, 4.69) is 15.5 Å². The zero-order chi connectivity index (χ0) is 13.2. The van der Waals surface area contributed by atoms with Gasteiger partial charge in [-0.2, -0.15) is 4.98 Å². The normalized spacial score (nSPS) is 17.7. The molecule has 2 heterocycles. The van der Waals surface area contributed by atoms with Gasteiger partial charge < -0.3 is 14.6 Å². The first-order valence-corrected chi connectivity index (χ1v) is 6.23. The van der Waals surface area contributed by atoms with Crippen molar-refractivity contribution in [3.05, 3.63) is 11.7 Å². The molecular weight excluding hydrogens is 234 g/mol. The van der Waals surface area contributed by atoms with Crippen molar-refractivity contribution < 1.29 is 14.1 Å². The van der Waals surface area contributed by atoms with E-state index in [1.165, 1.54) is 6.92 Å². The predicted octanol–water partition coefficient (Wildman–Crippen LogP) is 1.33. The molecule has 1 aliphatic heterocycles. The minimum absolute atomic E-state index is 0.330. The summed E-state index contributed by atoms with van der Waals surface area (Å²) in [7, 11) is 0. The molecule has 0 atom stereocenters. The van der Waals surface area contributed by atoms with E-state index in [4.69, 9.17) is 9.26 Å². The van der Waals surface area contributed by atoms with Crippen LogP contribution in [0.15, 0.2) is 4.52 Å². The van der Waals surface area contributed by atoms with Crippen molar-refractivity contribution >= 4 is 5.97 Å². The Balaban J connectivity index is 2.11. The number of esters is 1. The second-order valence-corrected chi connectivity index (χ2v) is 5.09. The molecule has 1 saturated heterocycles. The Morgan fingerprint density at radius 1 is 1.44 bits per heavy atom. The monoisotopic (exact) mass is 253 g/mol. The van der Waals surface area contributed by atoms with Gasteiger partial charge in [0.2, 0.25) is 0 Å². The third-order valence-corrected chi connectivity index (χ3v) is 3.06. The van der Waals surface area contributed by atoms with E-state index in [1.54, 1.807) is 13.8 Å². The third-order valence-electron chi connectivity index (χ3n) is 3.06. The van der Waals surface area contributed by atoms with E-state index in [9.17, 15) is 4.79 Å². The number of hydrogen-bond donors (Lipinski definition) is 1. The van der Waals surface area contributed by atoms with E-state index in [0.717, 1.165) is 25.9 Å². The Bertz CT molecular complexity index is 422. The fourth-order valence-electron chi connectivity index (χ4n) is 2.13. The van der Waals surface area contributed by atoms with E-state index in [1.807, 2.05) is 0 Å². The highest BCUT2D eigenvalue weighted by atomic mass is 16.6. The van der Waals surface area contributed by atoms with Gasteiger partial charge in [0.1, 0.15) is 0 Å². The first-order chi connectivity index (χ1) is 8.49. The lowest BCUT2D eigenvalue weighted by Crippen LogP contribution is -2.27. The van der Waals surface area contributed by atoms with E-state index in [-0.39, 0.29) is 5.97 Å². The summed E-state index contributed by atoms with van der Waals surface area (Å²) in [5, 5.41) is 7.30. The molecule has 100 valence electrons. The Kier molecular flexibility index (Phi) is 3.65. The average molecular weight is 253 g/mol. The summed E-state index contributed by atoms with van der Waals surface area (Å²) in [6.45, 7) is 6.80. The molecule has 0 saturated carbocycles. The topological polar surface area (TPSA) is 77.2 Å². The summed E-state index contributed by atoms with van der Waals surface area (Å²) in [5.74, 6) is 1.04. The van der Waals surface area contributed by atoms with Crippen molar-refractivity contribution in [3.63, 3.8) is 0 Å². The third kappa shape index (κ3) is 2.87. The van der Waals surface area contributed by atoms with Gasteiger partial charge in [0.25, 0.3) is 5.89 Å². The lowest BCUT2D eigenvalue weighted by molar-refractivity contribution is -0.157. The fraction of sp³-hybridized carbons (Fsp3) is 0.750. The molecule has 6 heteroatoms. The van der Waals surface area contributed by atoms with Crippen LogP contribution in [0, 0.1) is 0 Å². The zero-order valence-corrected chi connectivity index (χ0v) is 11.0. The standard InChI is InChI=1S/C12H19N3O3/c1-8(16)17-12(2,3)11-14-10(15-18-11)9-4-6-13-7-5-9/h9,13H,4-7H2,1-3H3. The molecule has 0 spiro atoms. The van der Waals surface area contributed by atoms with Crippen LogP contribution in [0.25, 0.3) is 0 Å². The van der Waals surface area contributed by atoms with Crippen LogP contribution >= 0.6 is 0 Å². The summed E-state index contributed by atoms with van der Waals surface area (Å²) in [6, 6.07) is 0. The smallest absolute Gasteiger partial charge is 0.303 e. The van der Waals surface area contributed by atoms with Crippen molar-refractivity contribution in [2.24, 2.45) is 0 Å². The van der Waals surface area contributed by atoms with Crippen LogP contribution in [0.3, 0.4) is 0 Å². The van der Waals surface area contributed by atoms with Gasteiger partial charge in [0.05, 0.1) is 0 Å². The molecule has 1 aromatic heterocycles. The van der Waals surface area contributed by atoms with Gasteiger partial charge in [-0.15, -0.1) is 0 Å². The van der Waals surface area contributed by atoms with Gasteiger partial charge in [0, 0.05) is 12.8 Å². The van der Waals surface area contributed by atoms with Gasteiger partial charge in [-0.05, 0) is 39.8 Å². The molecule has 0 unspecified atom stereocenters. The van der Waals surface area contributed by atoms with Gasteiger partial charge in [-0.3, -0.25) is 4.79 Å². The maximum Gasteiger partial charge on any atom is 0.303 e. The lowest BCUT2D eigenvalue weighted by atomic mass is 9.97. The number of rotatable bonds is 3. The number of nitrogens with zero attached hydrogens (tertiary/aromatic N) is 2. The first kappa shape index (κ1) is 13.0. The highest BCUT2D eigenvalue weighted by Gasteiger charge is 2.32. The average Bonchev–Trinajstić information content (AvgIpc) is 2.78. The molecule has 18 heavy (non-hydrogen) atoms. The van der Waals surface area contributed by atoms with Gasteiger partial charge in [0.15, 0.2) is 11.4 Å². The quantitative estimate of drug-likeness (QED) is 0.819. The number of hydrogen-bond acceptors (Lipinski definition) is 6. The van der Waals surface area contributed by atoms with Gasteiger partial charge >= 0.3 is 5.97 Å². The summed E-state index contributed by atoms with van der Waals surface area (Å²) in [5.41, 5.74) is -0.871. The van der Waals surface area contributed by atoms with Crippen LogP contribution in [0.5, 0.6) is 0 Å². The number of carbonyl (C=O) groups excluding carboxylic acids is 1. The minimum atomic E-state index is -0.871. The molecule has 0 amide bonds. The molecule has 1 aromatic rings. The maximum atomic E-state index is 11.0. The minimum Gasteiger partial charge on any atom is -0.450 e. The number of piperidine rings is 1. The largest absolute Gasteiger partial charge is 0.450 e. The predicted molar refractivity (Wildman–Crippen MR) is 63.9 cm³/mol. The summed E-state index contributed by atoms with van der Waals surface area (Å²) in [4.78, 5) is 15.4. The Morgan fingerprint density at radius 3 is 2.72 bits per heavy atom. The summed E-state index contributed by atoms with van der Waals surface area (Å²) < 4.78 is 10.4. The van der Waals surface area contributed by atoms with Gasteiger partial charge in [-0.1, -0.05) is 5.16 Å². The van der Waals surface area contributed by atoms with Crippen LogP contribution in [-0.2, 0) is 15.1 Å². The number of aromatic nitrogens is 2. The van der Waals surface area contributed by atoms with E-state index < -0.39 is 5.60 Å². The molecule has 0 radical (unpaired) electrons. The Labute approximate surface area is 106 Å². The number of ether oxygens (including phenoxy) is 1. The molecule has 1 aliphatic rings. The molecule has 2 rings (SSSR count). The zero-order valence-electron chi connectivity index (χ0n) is 11.0. The molecule has 6 nitrogen and oxygen atoms in total. The van der Waals surface area contributed by atoms with E-state index >= 15 is 0 Å². The molecule has 1 fully saturated rings. The van der Waals surface area contributed by atoms with Gasteiger partial charge in [-0.25, -0.2) is 0 Å². The molecule has 0 aromatic carbocycles. The van der Waals surface area contributed by atoms with Crippen molar-refractivity contribution in [2.75, 3.05) is 13.1 Å². The SMILES string of the molecule is CC(=O)OC(C)(C)c1nc(C2CCNCC2)no1. The number of carbonyl (C=O) groups is 1. The summed E-state index contributed by atoms with van der Waals surface area (Å²) in [6.07, 6.45) is 2.01. The molecule has 0 aliphatic carbocycles. The number of nitrogens with one attached hydrogen (secondary N) is 1. The first-order valence-electron chi connectivity index (χ1n) is 6.23. The van der Waals surface area contributed by atoms with Crippen LogP contribution in [0.1, 0.15) is 51.2 Å². The highest BCUT2D eigenvalue weighted by Crippen LogP contribution is 2.27. The van der Waals surface area contributed by atoms with Crippen molar-refractivity contribution in [3.8, 4) is 0 Å². The van der Waals surface area contributed by atoms with Crippen LogP contribution < -0.4 is 5.32 Å². The Hall–Kier alpha value is -1.43. The van der Waals surface area contributed by atoms with Crippen molar-refractivity contribution in [1.82, 2.24) is 15.5 Å². The lowest BCUT2D eigenvalue weighted by Gasteiger charge is -2.20. The second kappa shape index (κ2) is 5.06. The molecule has 1 N–H and O–H groups in total. The molecule has 0 bridgehead atoms. The van der Waals surface area contributed by atoms with Crippen molar-refractivity contribution in [2.45, 2.75) is 45.1 Å². The van der Waals surface area contributed by atoms with Crippen LogP contribution in [0.4, 0.5) is 0 Å². The maximum absolute atomic E-state index is 11.0. The van der Waals surface area contributed by atoms with Crippen LogP contribution in [0.2, 0.25) is 0 Å². The van der Waals surface area contributed by atoms with E-state index in [0.29, 0.717) is 17.6 Å².